The van der Waals surface area contributed by atoms with Crippen molar-refractivity contribution in [1.29, 1.82) is 0 Å². The number of aromatic nitrogens is 4. The first-order valence-electron chi connectivity index (χ1n) is 16.9. The number of rotatable bonds is 5. The highest BCUT2D eigenvalue weighted by atomic mass is 15.0. The number of nitrogens with zero attached hydrogens (tertiary/aromatic N) is 4. The van der Waals surface area contributed by atoms with Crippen molar-refractivity contribution >= 4 is 43.6 Å². The normalized spacial score (nSPS) is 11.6. The maximum Gasteiger partial charge on any atom is 0.160 e. The highest BCUT2D eigenvalue weighted by Gasteiger charge is 2.21. The van der Waals surface area contributed by atoms with Gasteiger partial charge >= 0.3 is 0 Å². The van der Waals surface area contributed by atoms with E-state index in [1.165, 1.54) is 32.6 Å². The Bertz CT molecular complexity index is 2790. The van der Waals surface area contributed by atoms with E-state index in [4.69, 9.17) is 9.97 Å². The monoisotopic (exact) mass is 638 g/mol. The van der Waals surface area contributed by atoms with Gasteiger partial charge in [0.15, 0.2) is 5.82 Å². The van der Waals surface area contributed by atoms with E-state index in [2.05, 4.69) is 167 Å². The molecule has 7 aromatic carbocycles. The van der Waals surface area contributed by atoms with Crippen molar-refractivity contribution < 1.29 is 0 Å². The third kappa shape index (κ3) is 4.46. The fourth-order valence-electron chi connectivity index (χ4n) is 7.49. The molecule has 50 heavy (non-hydrogen) atoms. The molecule has 0 unspecified atom stereocenters. The molecule has 3 heterocycles. The van der Waals surface area contributed by atoms with Gasteiger partial charge in [0, 0.05) is 43.9 Å². The molecule has 3 aromatic heterocycles. The molecule has 10 rings (SSSR count). The number of hydrogen-bond acceptors (Lipinski definition) is 2. The lowest BCUT2D eigenvalue weighted by molar-refractivity contribution is 1.15. The van der Waals surface area contributed by atoms with Crippen LogP contribution in [0.2, 0.25) is 0 Å². The predicted octanol–water partition coefficient (Wildman–Crippen LogP) is 11.7. The highest BCUT2D eigenvalue weighted by molar-refractivity contribution is 6.19. The van der Waals surface area contributed by atoms with Crippen LogP contribution in [0.4, 0.5) is 0 Å². The molecule has 0 fully saturated rings. The SMILES string of the molecule is c1ccc(-c2cc(-c3ccccc3-n3c4ccccc4c4cc5c(cc43)c3ccccc3n5-c3ccccc3)nc(-c3ccccc3)n2)cc1. The van der Waals surface area contributed by atoms with Crippen molar-refractivity contribution in [1.82, 2.24) is 19.1 Å². The van der Waals surface area contributed by atoms with Gasteiger partial charge in [-0.3, -0.25) is 0 Å². The topological polar surface area (TPSA) is 35.6 Å². The van der Waals surface area contributed by atoms with Crippen molar-refractivity contribution in [3.63, 3.8) is 0 Å². The Morgan fingerprint density at radius 1 is 0.340 bits per heavy atom. The average Bonchev–Trinajstić information content (AvgIpc) is 3.70. The van der Waals surface area contributed by atoms with Crippen LogP contribution >= 0.6 is 0 Å². The highest BCUT2D eigenvalue weighted by Crippen LogP contribution is 2.41. The number of para-hydroxylation sites is 4. The molecule has 0 aliphatic heterocycles. The zero-order valence-electron chi connectivity index (χ0n) is 27.1. The Morgan fingerprint density at radius 2 is 0.840 bits per heavy atom. The third-order valence-electron chi connectivity index (χ3n) is 9.73. The molecule has 0 aliphatic rings. The van der Waals surface area contributed by atoms with Gasteiger partial charge in [0.2, 0.25) is 0 Å². The van der Waals surface area contributed by atoms with Crippen LogP contribution in [0, 0.1) is 0 Å². The van der Waals surface area contributed by atoms with Gasteiger partial charge < -0.3 is 9.13 Å². The van der Waals surface area contributed by atoms with E-state index >= 15 is 0 Å². The van der Waals surface area contributed by atoms with Crippen molar-refractivity contribution in [2.75, 3.05) is 0 Å². The van der Waals surface area contributed by atoms with E-state index in [1.807, 2.05) is 24.3 Å². The smallest absolute Gasteiger partial charge is 0.160 e. The van der Waals surface area contributed by atoms with E-state index in [-0.39, 0.29) is 0 Å². The Labute approximate surface area is 289 Å². The quantitative estimate of drug-likeness (QED) is 0.188. The van der Waals surface area contributed by atoms with Crippen LogP contribution < -0.4 is 0 Å². The Kier molecular flexibility index (Phi) is 6.46. The van der Waals surface area contributed by atoms with Crippen LogP contribution in [-0.2, 0) is 0 Å². The standard InChI is InChI=1S/C46H30N4/c1-4-16-31(17-5-1)39-30-40(48-46(47-39)32-18-6-2-7-19-32)36-24-12-15-27-43(36)50-42-26-14-11-23-35(42)38-28-44-37(29-45(38)50)34-22-10-13-25-41(34)49(44)33-20-8-3-9-21-33/h1-30H. The van der Waals surface area contributed by atoms with E-state index in [1.54, 1.807) is 0 Å². The van der Waals surface area contributed by atoms with Crippen molar-refractivity contribution in [2.45, 2.75) is 0 Å². The molecule has 234 valence electrons. The van der Waals surface area contributed by atoms with Crippen LogP contribution in [0.3, 0.4) is 0 Å². The Hall–Kier alpha value is -6.78. The third-order valence-corrected chi connectivity index (χ3v) is 9.73. The van der Waals surface area contributed by atoms with Crippen LogP contribution in [-0.4, -0.2) is 19.1 Å². The average molecular weight is 639 g/mol. The molecular formula is C46H30N4. The minimum Gasteiger partial charge on any atom is -0.309 e. The van der Waals surface area contributed by atoms with Gasteiger partial charge in [0.1, 0.15) is 0 Å². The van der Waals surface area contributed by atoms with Crippen molar-refractivity contribution in [2.24, 2.45) is 0 Å². The van der Waals surface area contributed by atoms with E-state index in [9.17, 15) is 0 Å². The first kappa shape index (κ1) is 28.3. The molecule has 10 aromatic rings. The zero-order valence-corrected chi connectivity index (χ0v) is 27.1. The first-order valence-corrected chi connectivity index (χ1v) is 16.9. The maximum absolute atomic E-state index is 5.23. The molecule has 0 amide bonds. The predicted molar refractivity (Wildman–Crippen MR) is 207 cm³/mol. The first-order chi connectivity index (χ1) is 24.8. The number of benzene rings is 7. The molecule has 4 nitrogen and oxygen atoms in total. The molecule has 0 saturated heterocycles. The summed E-state index contributed by atoms with van der Waals surface area (Å²) in [5, 5.41) is 4.87. The summed E-state index contributed by atoms with van der Waals surface area (Å²) in [5.41, 5.74) is 11.8. The summed E-state index contributed by atoms with van der Waals surface area (Å²) in [5.74, 6) is 0.703. The molecule has 0 atom stereocenters. The van der Waals surface area contributed by atoms with Gasteiger partial charge in [-0.05, 0) is 48.5 Å². The second-order valence-electron chi connectivity index (χ2n) is 12.6. The molecule has 0 spiro atoms. The van der Waals surface area contributed by atoms with Crippen LogP contribution in [0.15, 0.2) is 182 Å². The van der Waals surface area contributed by atoms with Gasteiger partial charge in [-0.2, -0.15) is 0 Å². The maximum atomic E-state index is 5.23. The molecule has 0 saturated carbocycles. The largest absolute Gasteiger partial charge is 0.309 e. The minimum atomic E-state index is 0.703. The zero-order chi connectivity index (χ0) is 33.0. The van der Waals surface area contributed by atoms with Gasteiger partial charge in [-0.1, -0.05) is 133 Å². The van der Waals surface area contributed by atoms with Crippen molar-refractivity contribution in [3.8, 4) is 45.3 Å². The second kappa shape index (κ2) is 11.4. The van der Waals surface area contributed by atoms with Crippen molar-refractivity contribution in [3.05, 3.63) is 182 Å². The summed E-state index contributed by atoms with van der Waals surface area (Å²) in [6.07, 6.45) is 0. The lowest BCUT2D eigenvalue weighted by Gasteiger charge is -2.15. The number of hydrogen-bond donors (Lipinski definition) is 0. The summed E-state index contributed by atoms with van der Waals surface area (Å²) in [6, 6.07) is 64.2. The second-order valence-corrected chi connectivity index (χ2v) is 12.6. The summed E-state index contributed by atoms with van der Waals surface area (Å²) in [4.78, 5) is 10.3. The fraction of sp³-hybridized carbons (Fsp3) is 0. The lowest BCUT2D eigenvalue weighted by Crippen LogP contribution is -2.00. The Balaban J connectivity index is 1.27. The van der Waals surface area contributed by atoms with Gasteiger partial charge in [-0.15, -0.1) is 0 Å². The molecular weight excluding hydrogens is 609 g/mol. The number of fused-ring (bicyclic) bond motifs is 6. The van der Waals surface area contributed by atoms with Gasteiger partial charge in [0.25, 0.3) is 0 Å². The molecule has 0 bridgehead atoms. The lowest BCUT2D eigenvalue weighted by atomic mass is 10.0. The molecule has 0 radical (unpaired) electrons. The summed E-state index contributed by atoms with van der Waals surface area (Å²) in [7, 11) is 0. The summed E-state index contributed by atoms with van der Waals surface area (Å²) in [6.45, 7) is 0. The van der Waals surface area contributed by atoms with Crippen LogP contribution in [0.1, 0.15) is 0 Å². The van der Waals surface area contributed by atoms with E-state index in [0.29, 0.717) is 5.82 Å². The van der Waals surface area contributed by atoms with E-state index < -0.39 is 0 Å². The summed E-state index contributed by atoms with van der Waals surface area (Å²) < 4.78 is 4.81. The van der Waals surface area contributed by atoms with Gasteiger partial charge in [-0.25, -0.2) is 9.97 Å². The fourth-order valence-corrected chi connectivity index (χ4v) is 7.49. The molecule has 4 heteroatoms. The van der Waals surface area contributed by atoms with Crippen LogP contribution in [0.5, 0.6) is 0 Å². The summed E-state index contributed by atoms with van der Waals surface area (Å²) >= 11 is 0. The van der Waals surface area contributed by atoms with E-state index in [0.717, 1.165) is 50.5 Å². The molecule has 0 aliphatic carbocycles. The minimum absolute atomic E-state index is 0.703. The van der Waals surface area contributed by atoms with Gasteiger partial charge in [0.05, 0.1) is 39.1 Å². The Morgan fingerprint density at radius 3 is 1.52 bits per heavy atom. The van der Waals surface area contributed by atoms with Crippen LogP contribution in [0.25, 0.3) is 88.9 Å². The molecule has 0 N–H and O–H groups in total.